The highest BCUT2D eigenvalue weighted by atomic mass is 35.5. The van der Waals surface area contributed by atoms with Gasteiger partial charge in [-0.3, -0.25) is 9.48 Å². The van der Waals surface area contributed by atoms with Crippen LogP contribution in [0.5, 0.6) is 0 Å². The highest BCUT2D eigenvalue weighted by molar-refractivity contribution is 6.31. The summed E-state index contributed by atoms with van der Waals surface area (Å²) in [6.07, 6.45) is 5.47. The van der Waals surface area contributed by atoms with Crippen molar-refractivity contribution in [3.63, 3.8) is 0 Å². The van der Waals surface area contributed by atoms with Crippen LogP contribution in [0.2, 0.25) is 5.02 Å². The lowest BCUT2D eigenvalue weighted by Gasteiger charge is -2.16. The van der Waals surface area contributed by atoms with E-state index in [1.807, 2.05) is 62.8 Å². The van der Waals surface area contributed by atoms with Crippen molar-refractivity contribution in [2.24, 2.45) is 0 Å². The third kappa shape index (κ3) is 4.91. The molecule has 0 saturated carbocycles. The van der Waals surface area contributed by atoms with E-state index in [-0.39, 0.29) is 23.4 Å². The Morgan fingerprint density at radius 3 is 2.58 bits per heavy atom. The van der Waals surface area contributed by atoms with E-state index in [9.17, 15) is 4.79 Å². The van der Waals surface area contributed by atoms with Gasteiger partial charge >= 0.3 is 11.8 Å². The molecule has 0 radical (unpaired) electrons. The van der Waals surface area contributed by atoms with Gasteiger partial charge in [-0.25, -0.2) is 9.97 Å². The fourth-order valence-corrected chi connectivity index (χ4v) is 4.38. The normalized spacial score (nSPS) is 12.8. The van der Waals surface area contributed by atoms with Gasteiger partial charge in [0.25, 0.3) is 0 Å². The van der Waals surface area contributed by atoms with Crippen LogP contribution < -0.4 is 5.32 Å². The molecule has 38 heavy (non-hydrogen) atoms. The molecule has 1 atom stereocenters. The summed E-state index contributed by atoms with van der Waals surface area (Å²) in [5, 5.41) is 11.7. The van der Waals surface area contributed by atoms with Crippen LogP contribution in [0.4, 0.5) is 0 Å². The molecule has 0 unspecified atom stereocenters. The molecule has 5 aromatic rings. The number of carbonyl (C=O) groups excluding carboxylic acids is 1. The number of carbonyl (C=O) groups is 1. The van der Waals surface area contributed by atoms with Crippen molar-refractivity contribution in [3.8, 4) is 22.5 Å². The fourth-order valence-electron chi connectivity index (χ4n) is 4.03. The Hall–Kier alpha value is -4.05. The van der Waals surface area contributed by atoms with E-state index in [0.29, 0.717) is 22.3 Å². The number of H-pyrrole nitrogens is 1. The van der Waals surface area contributed by atoms with Crippen molar-refractivity contribution in [3.05, 3.63) is 65.2 Å². The lowest BCUT2D eigenvalue weighted by Crippen LogP contribution is -2.27. The molecule has 0 bridgehead atoms. The molecule has 0 fully saturated rings. The Morgan fingerprint density at radius 1 is 1.13 bits per heavy atom. The third-order valence-corrected chi connectivity index (χ3v) is 6.54. The number of pyridine rings is 1. The highest BCUT2D eigenvalue weighted by Crippen LogP contribution is 2.33. The molecule has 10 nitrogen and oxygen atoms in total. The molecule has 1 amide bonds. The maximum atomic E-state index is 12.7. The Morgan fingerprint density at radius 2 is 1.92 bits per heavy atom. The van der Waals surface area contributed by atoms with Gasteiger partial charge in [0.05, 0.1) is 23.3 Å². The second kappa shape index (κ2) is 9.68. The first-order chi connectivity index (χ1) is 18.0. The number of aromatic amines is 1. The van der Waals surface area contributed by atoms with Gasteiger partial charge in [-0.05, 0) is 44.0 Å². The number of amides is 1. The van der Waals surface area contributed by atoms with Gasteiger partial charge < -0.3 is 14.8 Å². The smallest absolute Gasteiger partial charge is 0.315 e. The molecule has 4 aromatic heterocycles. The summed E-state index contributed by atoms with van der Waals surface area (Å²) in [4.78, 5) is 29.4. The summed E-state index contributed by atoms with van der Waals surface area (Å²) >= 11 is 6.70. The molecule has 0 aliphatic carbocycles. The molecule has 2 N–H and O–H groups in total. The first kappa shape index (κ1) is 25.6. The predicted octanol–water partition coefficient (Wildman–Crippen LogP) is 5.89. The minimum absolute atomic E-state index is 0.0809. The number of nitrogens with one attached hydrogen (secondary N) is 2. The molecule has 5 rings (SSSR count). The van der Waals surface area contributed by atoms with E-state index in [1.54, 1.807) is 12.4 Å². The first-order valence-corrected chi connectivity index (χ1v) is 12.7. The zero-order valence-electron chi connectivity index (χ0n) is 22.1. The second-order valence-corrected chi connectivity index (χ2v) is 11.0. The van der Waals surface area contributed by atoms with Gasteiger partial charge in [-0.15, -0.1) is 0 Å². The molecule has 0 aliphatic heterocycles. The number of benzene rings is 1. The zero-order valence-corrected chi connectivity index (χ0v) is 22.8. The van der Waals surface area contributed by atoms with E-state index in [1.165, 1.54) is 0 Å². The van der Waals surface area contributed by atoms with Crippen molar-refractivity contribution >= 4 is 28.7 Å². The second-order valence-electron chi connectivity index (χ2n) is 10.5. The van der Waals surface area contributed by atoms with E-state index < -0.39 is 5.91 Å². The average Bonchev–Trinajstić information content (AvgIpc) is 3.62. The van der Waals surface area contributed by atoms with Crippen molar-refractivity contribution in [1.82, 2.24) is 40.2 Å². The highest BCUT2D eigenvalue weighted by Gasteiger charge is 2.25. The Bertz CT molecular complexity index is 1630. The van der Waals surface area contributed by atoms with Crippen LogP contribution >= 0.6 is 11.6 Å². The summed E-state index contributed by atoms with van der Waals surface area (Å²) in [6, 6.07) is 7.51. The van der Waals surface area contributed by atoms with Gasteiger partial charge in [-0.2, -0.15) is 10.1 Å². The largest absolute Gasteiger partial charge is 0.341 e. The summed E-state index contributed by atoms with van der Waals surface area (Å²) in [6.45, 7) is 11.8. The number of imidazole rings is 1. The van der Waals surface area contributed by atoms with E-state index >= 15 is 0 Å². The Labute approximate surface area is 224 Å². The number of aromatic nitrogens is 7. The Balaban J connectivity index is 1.39. The van der Waals surface area contributed by atoms with Crippen molar-refractivity contribution in [2.75, 3.05) is 0 Å². The number of hydrogen-bond donors (Lipinski definition) is 2. The number of hydrogen-bond acceptors (Lipinski definition) is 7. The molecule has 1 aromatic carbocycles. The number of nitrogens with zero attached hydrogens (tertiary/aromatic N) is 6. The van der Waals surface area contributed by atoms with Crippen LogP contribution in [0.3, 0.4) is 0 Å². The Kier molecular flexibility index (Phi) is 6.52. The minimum Gasteiger partial charge on any atom is -0.341 e. The molecular weight excluding hydrogens is 504 g/mol. The quantitative estimate of drug-likeness (QED) is 0.279. The van der Waals surface area contributed by atoms with Gasteiger partial charge in [0, 0.05) is 34.4 Å². The maximum Gasteiger partial charge on any atom is 0.315 e. The SMILES string of the molecule is CC(C)n1cc(-c2nc3nccc(-c4ccc([C@@H](C)NC(=O)c5nc(C(C)(C)C)no5)c(Cl)c4)c3[nH]2)cn1. The number of halogens is 1. The van der Waals surface area contributed by atoms with Crippen LogP contribution in [-0.4, -0.2) is 40.8 Å². The van der Waals surface area contributed by atoms with Crippen molar-refractivity contribution < 1.29 is 9.32 Å². The van der Waals surface area contributed by atoms with Crippen LogP contribution in [0.1, 0.15) is 75.7 Å². The van der Waals surface area contributed by atoms with Crippen molar-refractivity contribution in [1.29, 1.82) is 0 Å². The topological polar surface area (TPSA) is 127 Å². The van der Waals surface area contributed by atoms with Crippen LogP contribution in [0.15, 0.2) is 47.4 Å². The first-order valence-electron chi connectivity index (χ1n) is 12.4. The molecule has 0 saturated heterocycles. The summed E-state index contributed by atoms with van der Waals surface area (Å²) < 4.78 is 7.04. The lowest BCUT2D eigenvalue weighted by atomic mass is 9.96. The van der Waals surface area contributed by atoms with Gasteiger partial charge in [0.1, 0.15) is 5.82 Å². The van der Waals surface area contributed by atoms with Gasteiger partial charge in [-0.1, -0.05) is 49.7 Å². The fraction of sp³-hybridized carbons (Fsp3) is 0.333. The molecule has 0 spiro atoms. The number of fused-ring (bicyclic) bond motifs is 1. The summed E-state index contributed by atoms with van der Waals surface area (Å²) in [5.74, 6) is 0.628. The number of rotatable bonds is 6. The average molecular weight is 533 g/mol. The van der Waals surface area contributed by atoms with E-state index in [2.05, 4.69) is 49.4 Å². The molecular formula is C27H29ClN8O2. The molecule has 0 aliphatic rings. The molecule has 196 valence electrons. The molecule has 11 heteroatoms. The summed E-state index contributed by atoms with van der Waals surface area (Å²) in [5.41, 5.74) is 4.53. The predicted molar refractivity (Wildman–Crippen MR) is 145 cm³/mol. The van der Waals surface area contributed by atoms with Gasteiger partial charge in [0.2, 0.25) is 0 Å². The van der Waals surface area contributed by atoms with E-state index in [4.69, 9.17) is 16.1 Å². The third-order valence-electron chi connectivity index (χ3n) is 6.21. The summed E-state index contributed by atoms with van der Waals surface area (Å²) in [7, 11) is 0. The van der Waals surface area contributed by atoms with E-state index in [0.717, 1.165) is 27.8 Å². The minimum atomic E-state index is -0.456. The van der Waals surface area contributed by atoms with Crippen LogP contribution in [-0.2, 0) is 5.41 Å². The zero-order chi connectivity index (χ0) is 27.2. The lowest BCUT2D eigenvalue weighted by molar-refractivity contribution is 0.0895. The van der Waals surface area contributed by atoms with Crippen molar-refractivity contribution in [2.45, 2.75) is 59.0 Å². The maximum absolute atomic E-state index is 12.7. The van der Waals surface area contributed by atoms with Crippen LogP contribution in [0.25, 0.3) is 33.7 Å². The molecule has 4 heterocycles. The van der Waals surface area contributed by atoms with Crippen LogP contribution in [0, 0.1) is 0 Å². The van der Waals surface area contributed by atoms with Gasteiger partial charge in [0.15, 0.2) is 11.5 Å². The monoisotopic (exact) mass is 532 g/mol. The standard InChI is InChI=1S/C27H29ClN8O2/c1-14(2)36-13-17(12-30-36)22-32-21-19(9-10-29-23(21)33-22)16-7-8-18(20(28)11-16)15(3)31-24(37)25-34-26(35-38-25)27(4,5)6/h7-15H,1-6H3,(H,31,37)(H,29,32,33)/t15-/m1/s1.